The quantitative estimate of drug-likeness (QED) is 0.685. The maximum Gasteiger partial charge on any atom is 0.232 e. The van der Waals surface area contributed by atoms with E-state index in [-0.39, 0.29) is 25.6 Å². The second-order valence-corrected chi connectivity index (χ2v) is 9.27. The fourth-order valence-corrected chi connectivity index (χ4v) is 4.37. The Morgan fingerprint density at radius 1 is 1.17 bits per heavy atom. The maximum absolute atomic E-state index is 12.0. The van der Waals surface area contributed by atoms with Crippen molar-refractivity contribution in [2.24, 2.45) is 0 Å². The minimum atomic E-state index is -3.57. The largest absolute Gasteiger partial charge is 0.454 e. The summed E-state index contributed by atoms with van der Waals surface area (Å²) in [4.78, 5) is 0. The van der Waals surface area contributed by atoms with E-state index in [9.17, 15) is 16.8 Å². The molecule has 0 aromatic heterocycles. The summed E-state index contributed by atoms with van der Waals surface area (Å²) in [6.45, 7) is 1.98. The molecule has 0 amide bonds. The molecule has 0 bridgehead atoms. The molecule has 10 heteroatoms. The van der Waals surface area contributed by atoms with Gasteiger partial charge >= 0.3 is 0 Å². The van der Waals surface area contributed by atoms with Crippen LogP contribution in [0.15, 0.2) is 18.2 Å². The molecule has 0 atom stereocenters. The van der Waals surface area contributed by atoms with Crippen LogP contribution in [0.1, 0.15) is 19.8 Å². The molecule has 1 aromatic rings. The molecule has 0 saturated carbocycles. The molecule has 1 aliphatic heterocycles. The summed E-state index contributed by atoms with van der Waals surface area (Å²) in [5.74, 6) is 1.05. The zero-order valence-electron chi connectivity index (χ0n) is 13.7. The first-order valence-corrected chi connectivity index (χ1v) is 11.1. The van der Waals surface area contributed by atoms with Gasteiger partial charge in [-0.15, -0.1) is 0 Å². The number of sulfonamides is 2. The molecule has 0 spiro atoms. The lowest BCUT2D eigenvalue weighted by Crippen LogP contribution is -2.38. The van der Waals surface area contributed by atoms with Crippen molar-refractivity contribution >= 4 is 25.7 Å². The van der Waals surface area contributed by atoms with E-state index in [1.807, 2.05) is 6.92 Å². The third-order valence-corrected chi connectivity index (χ3v) is 6.11. The Morgan fingerprint density at radius 2 is 1.88 bits per heavy atom. The Morgan fingerprint density at radius 3 is 2.54 bits per heavy atom. The number of hydrogen-bond acceptors (Lipinski definition) is 6. The van der Waals surface area contributed by atoms with Crippen molar-refractivity contribution in [2.45, 2.75) is 19.8 Å². The summed E-state index contributed by atoms with van der Waals surface area (Å²) >= 11 is 0. The van der Waals surface area contributed by atoms with Crippen LogP contribution in [0.5, 0.6) is 11.5 Å². The molecule has 1 aliphatic rings. The predicted octanol–water partition coefficient (Wildman–Crippen LogP) is 0.901. The number of anilines is 1. The van der Waals surface area contributed by atoms with E-state index in [0.717, 1.165) is 17.0 Å². The topological polar surface area (TPSA) is 102 Å². The number of hydrogen-bond donors (Lipinski definition) is 1. The highest BCUT2D eigenvalue weighted by Crippen LogP contribution is 2.35. The highest BCUT2D eigenvalue weighted by Gasteiger charge is 2.22. The summed E-state index contributed by atoms with van der Waals surface area (Å²) in [5, 5.41) is 0. The molecule has 8 nitrogen and oxygen atoms in total. The molecule has 2 rings (SSSR count). The van der Waals surface area contributed by atoms with Crippen LogP contribution >= 0.6 is 0 Å². The highest BCUT2D eigenvalue weighted by atomic mass is 32.2. The summed E-state index contributed by atoms with van der Waals surface area (Å²) < 4.78 is 61.7. The van der Waals surface area contributed by atoms with Crippen LogP contribution in [0.2, 0.25) is 0 Å². The second kappa shape index (κ2) is 7.58. The number of rotatable bonds is 9. The van der Waals surface area contributed by atoms with Gasteiger partial charge in [0.2, 0.25) is 26.8 Å². The molecule has 1 N–H and O–H groups in total. The van der Waals surface area contributed by atoms with Gasteiger partial charge in [0, 0.05) is 19.2 Å². The van der Waals surface area contributed by atoms with Crippen molar-refractivity contribution < 1.29 is 26.3 Å². The minimum Gasteiger partial charge on any atom is -0.454 e. The van der Waals surface area contributed by atoms with Gasteiger partial charge in [0.05, 0.1) is 17.7 Å². The Labute approximate surface area is 142 Å². The summed E-state index contributed by atoms with van der Waals surface area (Å²) in [6, 6.07) is 4.79. The van der Waals surface area contributed by atoms with Crippen LogP contribution in [0.25, 0.3) is 0 Å². The Balaban J connectivity index is 2.08. The van der Waals surface area contributed by atoms with Gasteiger partial charge < -0.3 is 9.47 Å². The lowest BCUT2D eigenvalue weighted by molar-refractivity contribution is 0.174. The maximum atomic E-state index is 12.0. The fourth-order valence-electron chi connectivity index (χ4n) is 2.24. The third-order valence-electron chi connectivity index (χ3n) is 3.45. The van der Waals surface area contributed by atoms with E-state index in [2.05, 4.69) is 4.72 Å². The smallest absolute Gasteiger partial charge is 0.232 e. The van der Waals surface area contributed by atoms with Crippen molar-refractivity contribution in [1.29, 1.82) is 0 Å². The summed E-state index contributed by atoms with van der Waals surface area (Å²) in [6.07, 6.45) is 2.41. The van der Waals surface area contributed by atoms with Crippen LogP contribution in [0, 0.1) is 0 Å². The van der Waals surface area contributed by atoms with Gasteiger partial charge in [0.15, 0.2) is 11.5 Å². The van der Waals surface area contributed by atoms with E-state index in [4.69, 9.17) is 9.47 Å². The monoisotopic (exact) mass is 378 g/mol. The lowest BCUT2D eigenvalue weighted by Gasteiger charge is -2.22. The van der Waals surface area contributed by atoms with Gasteiger partial charge in [0.1, 0.15) is 0 Å². The molecule has 0 radical (unpaired) electrons. The molecule has 1 aromatic carbocycles. The zero-order valence-corrected chi connectivity index (χ0v) is 15.3. The zero-order chi connectivity index (χ0) is 17.8. The van der Waals surface area contributed by atoms with Gasteiger partial charge in [-0.25, -0.2) is 21.6 Å². The number of unbranched alkanes of at least 4 members (excludes halogenated alkanes) is 1. The van der Waals surface area contributed by atoms with Gasteiger partial charge in [-0.05, 0) is 18.6 Å². The molecule has 0 aliphatic carbocycles. The Hall–Kier alpha value is -1.52. The van der Waals surface area contributed by atoms with Crippen molar-refractivity contribution in [3.05, 3.63) is 18.2 Å². The van der Waals surface area contributed by atoms with E-state index in [1.54, 1.807) is 18.2 Å². The Bertz CT molecular complexity index is 776. The van der Waals surface area contributed by atoms with Crippen molar-refractivity contribution in [3.8, 4) is 11.5 Å². The molecule has 0 fully saturated rings. The van der Waals surface area contributed by atoms with E-state index >= 15 is 0 Å². The fraction of sp³-hybridized carbons (Fsp3) is 0.571. The van der Waals surface area contributed by atoms with E-state index in [0.29, 0.717) is 23.6 Å². The molecule has 0 unspecified atom stereocenters. The summed E-state index contributed by atoms with van der Waals surface area (Å²) in [5.41, 5.74) is 0.398. The van der Waals surface area contributed by atoms with Gasteiger partial charge in [-0.3, -0.25) is 4.31 Å². The number of nitrogens with zero attached hydrogens (tertiary/aromatic N) is 1. The van der Waals surface area contributed by atoms with Crippen LogP contribution in [-0.4, -0.2) is 48.7 Å². The molecule has 0 saturated heterocycles. The molecule has 24 heavy (non-hydrogen) atoms. The van der Waals surface area contributed by atoms with Crippen molar-refractivity contribution in [2.75, 3.05) is 36.2 Å². The van der Waals surface area contributed by atoms with Crippen molar-refractivity contribution in [3.63, 3.8) is 0 Å². The molecular formula is C14H22N2O6S2. The molecular weight excluding hydrogens is 356 g/mol. The second-order valence-electron chi connectivity index (χ2n) is 5.44. The predicted molar refractivity (Wildman–Crippen MR) is 91.5 cm³/mol. The molecule has 1 heterocycles. The molecule has 136 valence electrons. The number of ether oxygens (including phenoxy) is 2. The van der Waals surface area contributed by atoms with Crippen LogP contribution in [0.4, 0.5) is 5.69 Å². The summed E-state index contributed by atoms with van der Waals surface area (Å²) in [7, 11) is -6.96. The van der Waals surface area contributed by atoms with Crippen LogP contribution in [-0.2, 0) is 20.0 Å². The normalized spacial score (nSPS) is 13.9. The first kappa shape index (κ1) is 18.8. The van der Waals surface area contributed by atoms with Gasteiger partial charge in [-0.1, -0.05) is 13.3 Å². The van der Waals surface area contributed by atoms with Crippen LogP contribution < -0.4 is 18.5 Å². The van der Waals surface area contributed by atoms with Crippen molar-refractivity contribution in [1.82, 2.24) is 4.72 Å². The van der Waals surface area contributed by atoms with Gasteiger partial charge in [0.25, 0.3) is 0 Å². The minimum absolute atomic E-state index is 0.00639. The highest BCUT2D eigenvalue weighted by molar-refractivity contribution is 7.92. The first-order valence-electron chi connectivity index (χ1n) is 7.57. The lowest BCUT2D eigenvalue weighted by atomic mass is 10.3. The average molecular weight is 378 g/mol. The number of nitrogens with one attached hydrogen (secondary N) is 1. The van der Waals surface area contributed by atoms with Gasteiger partial charge in [-0.2, -0.15) is 0 Å². The standard InChI is InChI=1S/C14H22N2O6S2/c1-3-4-9-24(19,20)15-7-8-16(23(2,17)18)12-5-6-13-14(10-12)22-11-21-13/h5-6,10,15H,3-4,7-9,11H2,1-2H3. The first-order chi connectivity index (χ1) is 11.2. The van der Waals surface area contributed by atoms with E-state index < -0.39 is 20.0 Å². The number of fused-ring (bicyclic) bond motifs is 1. The number of benzene rings is 1. The Kier molecular flexibility index (Phi) is 5.94. The third kappa shape index (κ3) is 4.99. The van der Waals surface area contributed by atoms with Crippen LogP contribution in [0.3, 0.4) is 0 Å². The average Bonchev–Trinajstić information content (AvgIpc) is 2.96. The van der Waals surface area contributed by atoms with E-state index in [1.165, 1.54) is 0 Å². The SMILES string of the molecule is CCCCS(=O)(=O)NCCN(c1ccc2c(c1)OCO2)S(C)(=O)=O.